The van der Waals surface area contributed by atoms with Gasteiger partial charge in [0.05, 0.1) is 6.26 Å². The highest BCUT2D eigenvalue weighted by atomic mass is 16.3. The van der Waals surface area contributed by atoms with Gasteiger partial charge in [0.2, 0.25) is 0 Å². The highest BCUT2D eigenvalue weighted by Gasteiger charge is 2.11. The van der Waals surface area contributed by atoms with Crippen molar-refractivity contribution >= 4 is 5.91 Å². The lowest BCUT2D eigenvalue weighted by Gasteiger charge is -2.12. The van der Waals surface area contributed by atoms with Gasteiger partial charge in [0, 0.05) is 6.04 Å². The van der Waals surface area contributed by atoms with Gasteiger partial charge in [-0.2, -0.15) is 0 Å². The third-order valence-corrected chi connectivity index (χ3v) is 2.51. The van der Waals surface area contributed by atoms with Crippen LogP contribution in [0.25, 0.3) is 0 Å². The minimum Gasteiger partial charge on any atom is -0.459 e. The largest absolute Gasteiger partial charge is 0.459 e. The van der Waals surface area contributed by atoms with Crippen LogP contribution in [-0.4, -0.2) is 11.9 Å². The molecular weight excluding hydrogens is 214 g/mol. The van der Waals surface area contributed by atoms with E-state index >= 15 is 0 Å². The summed E-state index contributed by atoms with van der Waals surface area (Å²) in [6, 6.07) is 13.5. The maximum atomic E-state index is 11.7. The van der Waals surface area contributed by atoms with E-state index in [1.807, 2.05) is 25.1 Å². The molecule has 0 spiro atoms. The minimum absolute atomic E-state index is 0.0787. The quantitative estimate of drug-likeness (QED) is 0.875. The van der Waals surface area contributed by atoms with E-state index in [1.54, 1.807) is 12.1 Å². The first-order valence-electron chi connectivity index (χ1n) is 5.64. The Bertz CT molecular complexity index is 462. The van der Waals surface area contributed by atoms with E-state index in [9.17, 15) is 4.79 Å². The summed E-state index contributed by atoms with van der Waals surface area (Å²) in [4.78, 5) is 11.7. The molecule has 1 aromatic carbocycles. The molecule has 0 aliphatic carbocycles. The summed E-state index contributed by atoms with van der Waals surface area (Å²) in [6.07, 6.45) is 2.31. The number of nitrogens with one attached hydrogen (secondary N) is 1. The van der Waals surface area contributed by atoms with E-state index in [0.717, 1.165) is 6.42 Å². The second-order valence-electron chi connectivity index (χ2n) is 4.04. The first-order chi connectivity index (χ1) is 8.25. The summed E-state index contributed by atoms with van der Waals surface area (Å²) in [5, 5.41) is 2.90. The Hall–Kier alpha value is -2.03. The van der Waals surface area contributed by atoms with E-state index < -0.39 is 0 Å². The van der Waals surface area contributed by atoms with Gasteiger partial charge in [0.25, 0.3) is 5.91 Å². The molecular formula is C14H15NO2. The fourth-order valence-corrected chi connectivity index (χ4v) is 1.72. The average molecular weight is 229 g/mol. The molecule has 3 nitrogen and oxygen atoms in total. The summed E-state index contributed by atoms with van der Waals surface area (Å²) >= 11 is 0. The molecule has 17 heavy (non-hydrogen) atoms. The zero-order chi connectivity index (χ0) is 12.1. The van der Waals surface area contributed by atoms with Crippen molar-refractivity contribution in [1.29, 1.82) is 0 Å². The summed E-state index contributed by atoms with van der Waals surface area (Å²) in [6.45, 7) is 1.98. The summed E-state index contributed by atoms with van der Waals surface area (Å²) in [7, 11) is 0. The normalized spacial score (nSPS) is 12.1. The van der Waals surface area contributed by atoms with Crippen molar-refractivity contribution in [1.82, 2.24) is 5.32 Å². The average Bonchev–Trinajstić information content (AvgIpc) is 2.83. The van der Waals surface area contributed by atoms with Crippen LogP contribution in [0.3, 0.4) is 0 Å². The fourth-order valence-electron chi connectivity index (χ4n) is 1.72. The molecule has 0 aliphatic heterocycles. The number of hydrogen-bond acceptors (Lipinski definition) is 2. The molecule has 0 saturated heterocycles. The van der Waals surface area contributed by atoms with Crippen molar-refractivity contribution in [3.05, 3.63) is 60.1 Å². The van der Waals surface area contributed by atoms with Crippen LogP contribution in [0.15, 0.2) is 53.1 Å². The molecule has 88 valence electrons. The number of amides is 1. The van der Waals surface area contributed by atoms with Crippen LogP contribution >= 0.6 is 0 Å². The Kier molecular flexibility index (Phi) is 3.60. The summed E-state index contributed by atoms with van der Waals surface area (Å²) in [5.74, 6) is 0.184. The standard InChI is InChI=1S/C14H15NO2/c1-11(10-12-6-3-2-4-7-12)15-14(16)13-8-5-9-17-13/h2-9,11H,10H2,1H3,(H,15,16)/t11-/m1/s1. The van der Waals surface area contributed by atoms with Crippen LogP contribution in [-0.2, 0) is 6.42 Å². The maximum Gasteiger partial charge on any atom is 0.287 e. The fraction of sp³-hybridized carbons (Fsp3) is 0.214. The van der Waals surface area contributed by atoms with Gasteiger partial charge in [-0.05, 0) is 31.0 Å². The number of carbonyl (C=O) groups excluding carboxylic acids is 1. The molecule has 1 atom stereocenters. The van der Waals surface area contributed by atoms with Gasteiger partial charge in [-0.25, -0.2) is 0 Å². The zero-order valence-corrected chi connectivity index (χ0v) is 9.72. The van der Waals surface area contributed by atoms with Crippen LogP contribution < -0.4 is 5.32 Å². The number of carbonyl (C=O) groups is 1. The van der Waals surface area contributed by atoms with Gasteiger partial charge in [-0.1, -0.05) is 30.3 Å². The topological polar surface area (TPSA) is 42.2 Å². The molecule has 0 unspecified atom stereocenters. The Labute approximate surface area is 100 Å². The van der Waals surface area contributed by atoms with Gasteiger partial charge in [0.15, 0.2) is 5.76 Å². The molecule has 2 rings (SSSR count). The maximum absolute atomic E-state index is 11.7. The Morgan fingerprint density at radius 2 is 2.00 bits per heavy atom. The predicted octanol–water partition coefficient (Wildman–Crippen LogP) is 2.64. The Balaban J connectivity index is 1.90. The number of benzene rings is 1. The SMILES string of the molecule is C[C@H](Cc1ccccc1)NC(=O)c1ccco1. The van der Waals surface area contributed by atoms with Crippen LogP contribution in [0, 0.1) is 0 Å². The van der Waals surface area contributed by atoms with Crippen LogP contribution in [0.1, 0.15) is 23.0 Å². The number of rotatable bonds is 4. The lowest BCUT2D eigenvalue weighted by atomic mass is 10.1. The van der Waals surface area contributed by atoms with Crippen molar-refractivity contribution < 1.29 is 9.21 Å². The van der Waals surface area contributed by atoms with Crippen molar-refractivity contribution in [3.63, 3.8) is 0 Å². The second kappa shape index (κ2) is 5.34. The molecule has 3 heteroatoms. The van der Waals surface area contributed by atoms with E-state index in [2.05, 4.69) is 17.4 Å². The lowest BCUT2D eigenvalue weighted by molar-refractivity contribution is 0.0912. The number of hydrogen-bond donors (Lipinski definition) is 1. The third-order valence-electron chi connectivity index (χ3n) is 2.51. The summed E-state index contributed by atoms with van der Waals surface area (Å²) < 4.78 is 5.03. The number of furan rings is 1. The highest BCUT2D eigenvalue weighted by molar-refractivity contribution is 5.91. The molecule has 1 heterocycles. The van der Waals surface area contributed by atoms with Gasteiger partial charge in [-0.15, -0.1) is 0 Å². The molecule has 0 fully saturated rings. The lowest BCUT2D eigenvalue weighted by Crippen LogP contribution is -2.33. The van der Waals surface area contributed by atoms with Crippen LogP contribution in [0.2, 0.25) is 0 Å². The predicted molar refractivity (Wildman–Crippen MR) is 65.8 cm³/mol. The van der Waals surface area contributed by atoms with Gasteiger partial charge in [-0.3, -0.25) is 4.79 Å². The van der Waals surface area contributed by atoms with Gasteiger partial charge < -0.3 is 9.73 Å². The van der Waals surface area contributed by atoms with Gasteiger partial charge >= 0.3 is 0 Å². The van der Waals surface area contributed by atoms with E-state index in [0.29, 0.717) is 5.76 Å². The van der Waals surface area contributed by atoms with Crippen LogP contribution in [0.5, 0.6) is 0 Å². The van der Waals surface area contributed by atoms with Crippen LogP contribution in [0.4, 0.5) is 0 Å². The van der Waals surface area contributed by atoms with E-state index in [1.165, 1.54) is 11.8 Å². The minimum atomic E-state index is -0.168. The monoisotopic (exact) mass is 229 g/mol. The molecule has 0 bridgehead atoms. The van der Waals surface area contributed by atoms with Gasteiger partial charge in [0.1, 0.15) is 0 Å². The molecule has 1 N–H and O–H groups in total. The Morgan fingerprint density at radius 1 is 1.24 bits per heavy atom. The smallest absolute Gasteiger partial charge is 0.287 e. The molecule has 2 aromatic rings. The van der Waals surface area contributed by atoms with Crippen molar-refractivity contribution in [2.75, 3.05) is 0 Å². The second-order valence-corrected chi connectivity index (χ2v) is 4.04. The van der Waals surface area contributed by atoms with E-state index in [4.69, 9.17) is 4.42 Å². The molecule has 1 amide bonds. The highest BCUT2D eigenvalue weighted by Crippen LogP contribution is 2.04. The molecule has 0 saturated carbocycles. The van der Waals surface area contributed by atoms with Crippen molar-refractivity contribution in [3.8, 4) is 0 Å². The molecule has 0 radical (unpaired) electrons. The van der Waals surface area contributed by atoms with Crippen molar-refractivity contribution in [2.24, 2.45) is 0 Å². The first kappa shape index (κ1) is 11.5. The molecule has 1 aromatic heterocycles. The van der Waals surface area contributed by atoms with E-state index in [-0.39, 0.29) is 11.9 Å². The van der Waals surface area contributed by atoms with Crippen molar-refractivity contribution in [2.45, 2.75) is 19.4 Å². The molecule has 0 aliphatic rings. The summed E-state index contributed by atoms with van der Waals surface area (Å²) in [5.41, 5.74) is 1.21. The third kappa shape index (κ3) is 3.21. The zero-order valence-electron chi connectivity index (χ0n) is 9.72. The first-order valence-corrected chi connectivity index (χ1v) is 5.64. The Morgan fingerprint density at radius 3 is 2.65 bits per heavy atom.